The van der Waals surface area contributed by atoms with E-state index in [1.54, 1.807) is 12.0 Å². The summed E-state index contributed by atoms with van der Waals surface area (Å²) in [5, 5.41) is 7.03. The first-order valence-corrected chi connectivity index (χ1v) is 9.73. The fourth-order valence-corrected chi connectivity index (χ4v) is 3.30. The van der Waals surface area contributed by atoms with Crippen molar-refractivity contribution >= 4 is 6.03 Å². The molecule has 2 aromatic carbocycles. The molecule has 0 saturated carbocycles. The average molecular weight is 392 g/mol. The molecule has 4 rings (SSSR count). The van der Waals surface area contributed by atoms with Crippen molar-refractivity contribution in [1.82, 2.24) is 20.4 Å². The SMILES string of the molecule is COc1ccc(CCNC(=O)N2CC(c3nc(Cc4ccccc4)no3)C2)cc1. The van der Waals surface area contributed by atoms with Gasteiger partial charge in [0.2, 0.25) is 5.89 Å². The number of hydrogen-bond donors (Lipinski definition) is 1. The molecule has 1 aliphatic heterocycles. The summed E-state index contributed by atoms with van der Waals surface area (Å²) in [6.45, 7) is 1.79. The molecule has 7 nitrogen and oxygen atoms in total. The maximum atomic E-state index is 12.3. The van der Waals surface area contributed by atoms with Crippen LogP contribution < -0.4 is 10.1 Å². The number of likely N-dealkylation sites (tertiary alicyclic amines) is 1. The van der Waals surface area contributed by atoms with E-state index in [1.807, 2.05) is 54.6 Å². The molecular weight excluding hydrogens is 368 g/mol. The number of ether oxygens (including phenoxy) is 1. The Kier molecular flexibility index (Phi) is 5.74. The quantitative estimate of drug-likeness (QED) is 0.669. The van der Waals surface area contributed by atoms with E-state index in [9.17, 15) is 4.79 Å². The molecule has 7 heteroatoms. The van der Waals surface area contributed by atoms with Crippen LogP contribution >= 0.6 is 0 Å². The normalized spacial score (nSPS) is 13.8. The molecule has 0 spiro atoms. The Morgan fingerprint density at radius 2 is 1.90 bits per heavy atom. The topological polar surface area (TPSA) is 80.5 Å². The van der Waals surface area contributed by atoms with Crippen LogP contribution in [0.3, 0.4) is 0 Å². The van der Waals surface area contributed by atoms with Gasteiger partial charge in [0.1, 0.15) is 5.75 Å². The van der Waals surface area contributed by atoms with Crippen molar-refractivity contribution in [3.8, 4) is 5.75 Å². The first kappa shape index (κ1) is 19.0. The van der Waals surface area contributed by atoms with E-state index < -0.39 is 0 Å². The van der Waals surface area contributed by atoms with Crippen LogP contribution in [0.1, 0.15) is 28.8 Å². The van der Waals surface area contributed by atoms with Crippen molar-refractivity contribution in [2.75, 3.05) is 26.7 Å². The largest absolute Gasteiger partial charge is 0.497 e. The van der Waals surface area contributed by atoms with E-state index in [2.05, 4.69) is 15.5 Å². The number of carbonyl (C=O) groups is 1. The fraction of sp³-hybridized carbons (Fsp3) is 0.318. The van der Waals surface area contributed by atoms with Gasteiger partial charge in [0.25, 0.3) is 0 Å². The molecule has 3 aromatic rings. The standard InChI is InChI=1S/C22H24N4O3/c1-28-19-9-7-16(8-10-19)11-12-23-22(27)26-14-18(15-26)21-24-20(25-29-21)13-17-5-3-2-4-6-17/h2-10,18H,11-15H2,1H3,(H,23,27). The van der Waals surface area contributed by atoms with Gasteiger partial charge in [0.15, 0.2) is 5.82 Å². The third-order valence-corrected chi connectivity index (χ3v) is 5.06. The Bertz CT molecular complexity index is 934. The molecule has 1 saturated heterocycles. The number of rotatable bonds is 7. The number of amides is 2. The lowest BCUT2D eigenvalue weighted by atomic mass is 10.0. The van der Waals surface area contributed by atoms with Gasteiger partial charge in [-0.1, -0.05) is 47.6 Å². The van der Waals surface area contributed by atoms with Crippen LogP contribution in [0.4, 0.5) is 4.79 Å². The minimum absolute atomic E-state index is 0.0567. The monoisotopic (exact) mass is 392 g/mol. The molecule has 1 N–H and O–H groups in total. The molecule has 150 valence electrons. The zero-order valence-electron chi connectivity index (χ0n) is 16.4. The number of benzene rings is 2. The van der Waals surface area contributed by atoms with Crippen molar-refractivity contribution in [2.24, 2.45) is 0 Å². The van der Waals surface area contributed by atoms with Crippen LogP contribution in [-0.4, -0.2) is 47.8 Å². The van der Waals surface area contributed by atoms with Gasteiger partial charge in [-0.05, 0) is 29.7 Å². The van der Waals surface area contributed by atoms with E-state index in [0.29, 0.717) is 37.8 Å². The van der Waals surface area contributed by atoms with Crippen molar-refractivity contribution in [3.63, 3.8) is 0 Å². The Morgan fingerprint density at radius 3 is 2.62 bits per heavy atom. The molecule has 0 radical (unpaired) electrons. The zero-order valence-corrected chi connectivity index (χ0v) is 16.4. The molecule has 1 aliphatic rings. The van der Waals surface area contributed by atoms with Gasteiger partial charge in [-0.15, -0.1) is 0 Å². The van der Waals surface area contributed by atoms with Crippen LogP contribution in [0.15, 0.2) is 59.1 Å². The molecule has 0 aliphatic carbocycles. The number of hydrogen-bond acceptors (Lipinski definition) is 5. The Morgan fingerprint density at radius 1 is 1.14 bits per heavy atom. The minimum Gasteiger partial charge on any atom is -0.497 e. The second-order valence-electron chi connectivity index (χ2n) is 7.14. The maximum Gasteiger partial charge on any atom is 0.317 e. The van der Waals surface area contributed by atoms with Gasteiger partial charge in [-0.25, -0.2) is 4.79 Å². The molecule has 29 heavy (non-hydrogen) atoms. The first-order valence-electron chi connectivity index (χ1n) is 9.73. The zero-order chi connectivity index (χ0) is 20.1. The molecular formula is C22H24N4O3. The summed E-state index contributed by atoms with van der Waals surface area (Å²) in [6.07, 6.45) is 1.42. The van der Waals surface area contributed by atoms with Crippen LogP contribution in [0.2, 0.25) is 0 Å². The summed E-state index contributed by atoms with van der Waals surface area (Å²) >= 11 is 0. The van der Waals surface area contributed by atoms with E-state index >= 15 is 0 Å². The Labute approximate surface area is 169 Å². The summed E-state index contributed by atoms with van der Waals surface area (Å²) in [5.74, 6) is 2.23. The lowest BCUT2D eigenvalue weighted by Gasteiger charge is -2.36. The third-order valence-electron chi connectivity index (χ3n) is 5.06. The maximum absolute atomic E-state index is 12.3. The van der Waals surface area contributed by atoms with Gasteiger partial charge in [0.05, 0.1) is 13.0 Å². The molecule has 1 fully saturated rings. The van der Waals surface area contributed by atoms with E-state index in [1.165, 1.54) is 0 Å². The number of aromatic nitrogens is 2. The molecule has 0 bridgehead atoms. The van der Waals surface area contributed by atoms with Crippen LogP contribution in [0, 0.1) is 0 Å². The van der Waals surface area contributed by atoms with Crippen LogP contribution in [0.25, 0.3) is 0 Å². The summed E-state index contributed by atoms with van der Waals surface area (Å²) < 4.78 is 10.5. The van der Waals surface area contributed by atoms with Crippen molar-refractivity contribution in [1.29, 1.82) is 0 Å². The predicted molar refractivity (Wildman–Crippen MR) is 108 cm³/mol. The highest BCUT2D eigenvalue weighted by molar-refractivity contribution is 5.75. The molecule has 2 amide bonds. The molecule has 1 aromatic heterocycles. The number of carbonyl (C=O) groups excluding carboxylic acids is 1. The number of nitrogens with zero attached hydrogens (tertiary/aromatic N) is 3. The third kappa shape index (κ3) is 4.74. The number of nitrogens with one attached hydrogen (secondary N) is 1. The van der Waals surface area contributed by atoms with E-state index in [4.69, 9.17) is 9.26 Å². The highest BCUT2D eigenvalue weighted by Gasteiger charge is 2.35. The van der Waals surface area contributed by atoms with Gasteiger partial charge >= 0.3 is 6.03 Å². The fourth-order valence-electron chi connectivity index (χ4n) is 3.30. The summed E-state index contributed by atoms with van der Waals surface area (Å²) in [5.41, 5.74) is 2.30. The second-order valence-corrected chi connectivity index (χ2v) is 7.14. The molecule has 0 atom stereocenters. The first-order chi connectivity index (χ1) is 14.2. The van der Waals surface area contributed by atoms with Crippen LogP contribution in [0.5, 0.6) is 5.75 Å². The highest BCUT2D eigenvalue weighted by atomic mass is 16.5. The highest BCUT2D eigenvalue weighted by Crippen LogP contribution is 2.26. The van der Waals surface area contributed by atoms with E-state index in [-0.39, 0.29) is 11.9 Å². The average Bonchev–Trinajstić information content (AvgIpc) is 3.16. The Balaban J connectivity index is 1.20. The Hall–Kier alpha value is -3.35. The molecule has 2 heterocycles. The lowest BCUT2D eigenvalue weighted by molar-refractivity contribution is 0.137. The van der Waals surface area contributed by atoms with Gasteiger partial charge in [-0.2, -0.15) is 4.98 Å². The summed E-state index contributed by atoms with van der Waals surface area (Å²) in [4.78, 5) is 18.5. The predicted octanol–water partition coefficient (Wildman–Crippen LogP) is 3.02. The number of urea groups is 1. The van der Waals surface area contributed by atoms with Crippen molar-refractivity contribution in [3.05, 3.63) is 77.4 Å². The van der Waals surface area contributed by atoms with E-state index in [0.717, 1.165) is 23.3 Å². The second kappa shape index (κ2) is 8.77. The van der Waals surface area contributed by atoms with Crippen molar-refractivity contribution < 1.29 is 14.1 Å². The number of methoxy groups -OCH3 is 1. The minimum atomic E-state index is -0.0567. The summed E-state index contributed by atoms with van der Waals surface area (Å²) in [7, 11) is 1.65. The smallest absolute Gasteiger partial charge is 0.317 e. The van der Waals surface area contributed by atoms with Gasteiger partial charge in [0, 0.05) is 26.1 Å². The van der Waals surface area contributed by atoms with Crippen LogP contribution in [-0.2, 0) is 12.8 Å². The lowest BCUT2D eigenvalue weighted by Crippen LogP contribution is -2.52. The summed E-state index contributed by atoms with van der Waals surface area (Å²) in [6, 6.07) is 17.9. The van der Waals surface area contributed by atoms with Crippen molar-refractivity contribution in [2.45, 2.75) is 18.8 Å². The van der Waals surface area contributed by atoms with Gasteiger partial charge in [-0.3, -0.25) is 0 Å². The molecule has 0 unspecified atom stereocenters. The van der Waals surface area contributed by atoms with Gasteiger partial charge < -0.3 is 19.5 Å².